The Morgan fingerprint density at radius 3 is 1.46 bits per heavy atom. The highest BCUT2D eigenvalue weighted by molar-refractivity contribution is 6.23. The van der Waals surface area contributed by atoms with Crippen LogP contribution in [0.1, 0.15) is 75.1 Å². The average Bonchev–Trinajstić information content (AvgIpc) is 3.43. The maximum atomic E-state index is 13.6. The van der Waals surface area contributed by atoms with Crippen molar-refractivity contribution >= 4 is 35.3 Å². The third-order valence-corrected chi connectivity index (χ3v) is 8.40. The SMILES string of the molecule is COc1ccc(C(=O)[C@H](OC(=O)CN2C(=O)c3ccc(C(=O)O[C@@H](C(=O)c4ccc(OC)cc4)c4ccccc4)cc3C2=O)c2ccccc2)cc1. The van der Waals surface area contributed by atoms with E-state index in [4.69, 9.17) is 18.9 Å². The molecule has 0 unspecified atom stereocenters. The lowest BCUT2D eigenvalue weighted by molar-refractivity contribution is -0.147. The summed E-state index contributed by atoms with van der Waals surface area (Å²) in [7, 11) is 2.99. The van der Waals surface area contributed by atoms with Gasteiger partial charge in [-0.05, 0) is 66.7 Å². The van der Waals surface area contributed by atoms with Crippen molar-refractivity contribution in [3.05, 3.63) is 166 Å². The van der Waals surface area contributed by atoms with Gasteiger partial charge in [0.1, 0.15) is 18.0 Å². The highest BCUT2D eigenvalue weighted by Gasteiger charge is 2.39. The van der Waals surface area contributed by atoms with E-state index in [1.807, 2.05) is 0 Å². The van der Waals surface area contributed by atoms with E-state index < -0.39 is 54.1 Å². The molecule has 0 bridgehead atoms. The Labute approximate surface area is 298 Å². The first-order valence-corrected chi connectivity index (χ1v) is 16.1. The fourth-order valence-electron chi connectivity index (χ4n) is 5.65. The molecule has 2 amide bonds. The van der Waals surface area contributed by atoms with Crippen molar-refractivity contribution in [2.45, 2.75) is 12.2 Å². The molecule has 260 valence electrons. The number of nitrogens with zero attached hydrogens (tertiary/aromatic N) is 1. The van der Waals surface area contributed by atoms with E-state index in [0.29, 0.717) is 27.5 Å². The zero-order valence-corrected chi connectivity index (χ0v) is 28.0. The van der Waals surface area contributed by atoms with Gasteiger partial charge in [-0.1, -0.05) is 60.7 Å². The molecule has 11 nitrogen and oxygen atoms in total. The third kappa shape index (κ3) is 7.34. The summed E-state index contributed by atoms with van der Waals surface area (Å²) in [6.45, 7) is -0.794. The van der Waals surface area contributed by atoms with E-state index in [0.717, 1.165) is 0 Å². The van der Waals surface area contributed by atoms with Gasteiger partial charge in [0.15, 0.2) is 12.2 Å². The lowest BCUT2D eigenvalue weighted by atomic mass is 9.99. The van der Waals surface area contributed by atoms with Crippen molar-refractivity contribution in [2.75, 3.05) is 20.8 Å². The molecule has 2 atom stereocenters. The summed E-state index contributed by atoms with van der Waals surface area (Å²) in [6.07, 6.45) is -2.69. The third-order valence-electron chi connectivity index (χ3n) is 8.40. The van der Waals surface area contributed by atoms with E-state index in [2.05, 4.69) is 0 Å². The minimum atomic E-state index is -1.36. The Hall–Kier alpha value is -6.88. The van der Waals surface area contributed by atoms with E-state index in [1.54, 1.807) is 97.1 Å². The molecule has 1 aliphatic rings. The Morgan fingerprint density at radius 2 is 0.981 bits per heavy atom. The summed E-state index contributed by atoms with van der Waals surface area (Å²) in [5.41, 5.74) is 1.07. The maximum Gasteiger partial charge on any atom is 0.339 e. The van der Waals surface area contributed by atoms with Crippen molar-refractivity contribution in [1.82, 2.24) is 4.90 Å². The van der Waals surface area contributed by atoms with Crippen molar-refractivity contribution in [3.8, 4) is 11.5 Å². The number of carbonyl (C=O) groups excluding carboxylic acids is 6. The van der Waals surface area contributed by atoms with E-state index >= 15 is 0 Å². The molecule has 0 aromatic heterocycles. The van der Waals surface area contributed by atoms with Crippen LogP contribution in [0.5, 0.6) is 11.5 Å². The average molecular weight is 698 g/mol. The lowest BCUT2D eigenvalue weighted by Gasteiger charge is -2.19. The van der Waals surface area contributed by atoms with E-state index in [1.165, 1.54) is 44.6 Å². The van der Waals surface area contributed by atoms with Crippen LogP contribution in [-0.2, 0) is 14.3 Å². The second-order valence-corrected chi connectivity index (χ2v) is 11.6. The number of hydrogen-bond donors (Lipinski definition) is 0. The van der Waals surface area contributed by atoms with Crippen LogP contribution in [0, 0.1) is 0 Å². The van der Waals surface area contributed by atoms with Gasteiger partial charge in [-0.2, -0.15) is 0 Å². The number of rotatable bonds is 13. The highest BCUT2D eigenvalue weighted by atomic mass is 16.6. The largest absolute Gasteiger partial charge is 0.497 e. The molecule has 0 radical (unpaired) electrons. The summed E-state index contributed by atoms with van der Waals surface area (Å²) >= 11 is 0. The standard InChI is InChI=1S/C41H31NO10/c1-49-30-18-13-25(14-19-30)35(44)37(27-9-5-3-6-10-27)51-34(43)24-42-39(46)32-22-17-29(23-33(32)40(42)47)41(48)52-38(28-11-7-4-8-12-28)36(45)26-15-20-31(50-2)21-16-26/h3-23,37-38H,24H2,1-2H3/t37-,38-/m1/s1. The van der Waals surface area contributed by atoms with Gasteiger partial charge in [-0.3, -0.25) is 28.9 Å². The molecule has 0 fully saturated rings. The molecule has 5 aromatic rings. The molecule has 1 heterocycles. The monoisotopic (exact) mass is 697 g/mol. The number of benzene rings is 5. The number of methoxy groups -OCH3 is 2. The second kappa shape index (κ2) is 15.3. The molecular weight excluding hydrogens is 666 g/mol. The highest BCUT2D eigenvalue weighted by Crippen LogP contribution is 2.29. The number of ketones is 2. The number of esters is 2. The Morgan fingerprint density at radius 1 is 0.538 bits per heavy atom. The van der Waals surface area contributed by atoms with Gasteiger partial charge in [-0.25, -0.2) is 4.79 Å². The number of hydrogen-bond acceptors (Lipinski definition) is 10. The predicted octanol–water partition coefficient (Wildman–Crippen LogP) is 6.25. The molecule has 0 saturated heterocycles. The van der Waals surface area contributed by atoms with Crippen LogP contribution < -0.4 is 9.47 Å². The van der Waals surface area contributed by atoms with Crippen LogP contribution in [-0.4, -0.2) is 61.0 Å². The molecule has 6 rings (SSSR count). The normalized spacial score (nSPS) is 13.1. The molecule has 0 N–H and O–H groups in total. The van der Waals surface area contributed by atoms with E-state index in [9.17, 15) is 28.8 Å². The lowest BCUT2D eigenvalue weighted by Crippen LogP contribution is -2.36. The number of imide groups is 1. The summed E-state index contributed by atoms with van der Waals surface area (Å²) in [6, 6.07) is 33.2. The van der Waals surface area contributed by atoms with Crippen molar-refractivity contribution < 1.29 is 47.7 Å². The van der Waals surface area contributed by atoms with Gasteiger partial charge in [0.05, 0.1) is 30.9 Å². The first-order chi connectivity index (χ1) is 25.2. The summed E-state index contributed by atoms with van der Waals surface area (Å²) in [5.74, 6) is -3.49. The van der Waals surface area contributed by atoms with Crippen molar-refractivity contribution in [2.24, 2.45) is 0 Å². The van der Waals surface area contributed by atoms with Gasteiger partial charge in [0.25, 0.3) is 11.8 Å². The maximum absolute atomic E-state index is 13.6. The topological polar surface area (TPSA) is 143 Å². The molecule has 11 heteroatoms. The van der Waals surface area contributed by atoms with Gasteiger partial charge in [0.2, 0.25) is 11.6 Å². The van der Waals surface area contributed by atoms with Gasteiger partial charge >= 0.3 is 11.9 Å². The number of Topliss-reactive ketones (excluding diaryl/α,β-unsaturated/α-hetero) is 2. The molecule has 0 spiro atoms. The van der Waals surface area contributed by atoms with Crippen LogP contribution in [0.4, 0.5) is 0 Å². The minimum Gasteiger partial charge on any atom is -0.497 e. The van der Waals surface area contributed by atoms with Gasteiger partial charge in [-0.15, -0.1) is 0 Å². The fourth-order valence-corrected chi connectivity index (χ4v) is 5.65. The number of amides is 2. The Bertz CT molecular complexity index is 2150. The fraction of sp³-hybridized carbons (Fsp3) is 0.122. The quantitative estimate of drug-likeness (QED) is 0.0787. The summed E-state index contributed by atoms with van der Waals surface area (Å²) in [4.78, 5) is 81.3. The molecule has 0 aliphatic carbocycles. The summed E-state index contributed by atoms with van der Waals surface area (Å²) in [5, 5.41) is 0. The summed E-state index contributed by atoms with van der Waals surface area (Å²) < 4.78 is 21.7. The first-order valence-electron chi connectivity index (χ1n) is 16.1. The van der Waals surface area contributed by atoms with Crippen LogP contribution in [0.15, 0.2) is 127 Å². The Kier molecular flexibility index (Phi) is 10.3. The van der Waals surface area contributed by atoms with Crippen molar-refractivity contribution in [3.63, 3.8) is 0 Å². The molecule has 1 aliphatic heterocycles. The first kappa shape index (κ1) is 35.0. The smallest absolute Gasteiger partial charge is 0.339 e. The predicted molar refractivity (Wildman–Crippen MR) is 186 cm³/mol. The number of fused-ring (bicyclic) bond motifs is 1. The van der Waals surface area contributed by atoms with Crippen LogP contribution in [0.3, 0.4) is 0 Å². The number of carbonyl (C=O) groups is 6. The van der Waals surface area contributed by atoms with Crippen molar-refractivity contribution in [1.29, 1.82) is 0 Å². The molecule has 5 aromatic carbocycles. The molecule has 52 heavy (non-hydrogen) atoms. The number of ether oxygens (including phenoxy) is 4. The van der Waals surface area contributed by atoms with Gasteiger partial charge < -0.3 is 18.9 Å². The minimum absolute atomic E-state index is 0.0443. The van der Waals surface area contributed by atoms with Gasteiger partial charge in [0, 0.05) is 22.3 Å². The zero-order chi connectivity index (χ0) is 36.8. The van der Waals surface area contributed by atoms with Crippen LogP contribution >= 0.6 is 0 Å². The van der Waals surface area contributed by atoms with Crippen LogP contribution in [0.25, 0.3) is 0 Å². The Balaban J connectivity index is 1.19. The molecular formula is C41H31NO10. The molecule has 0 saturated carbocycles. The van der Waals surface area contributed by atoms with Crippen LogP contribution in [0.2, 0.25) is 0 Å². The second-order valence-electron chi connectivity index (χ2n) is 11.6. The zero-order valence-electron chi connectivity index (χ0n) is 28.0. The van der Waals surface area contributed by atoms with E-state index in [-0.39, 0.29) is 27.8 Å².